The molecule has 1 aromatic rings. The van der Waals surface area contributed by atoms with Crippen molar-refractivity contribution in [3.8, 4) is 0 Å². The van der Waals surface area contributed by atoms with Crippen LogP contribution in [0.1, 0.15) is 36.8 Å². The van der Waals surface area contributed by atoms with Crippen molar-refractivity contribution in [2.75, 3.05) is 13.1 Å². The van der Waals surface area contributed by atoms with Crippen LogP contribution in [-0.4, -0.2) is 35.1 Å². The lowest BCUT2D eigenvalue weighted by Crippen LogP contribution is -2.45. The molecule has 108 valence electrons. The Morgan fingerprint density at radius 3 is 2.85 bits per heavy atom. The lowest BCUT2D eigenvalue weighted by Gasteiger charge is -2.40. The maximum absolute atomic E-state index is 10.9. The van der Waals surface area contributed by atoms with E-state index in [1.165, 1.54) is 24.0 Å². The molecule has 1 aliphatic carbocycles. The number of nitrogens with zero attached hydrogens (tertiary/aromatic N) is 1. The molecule has 1 aromatic carbocycles. The standard InChI is InChI=1S/C17H23NO2/c19-17(20)10-13-4-3-9-18(12-13)16-8-7-14-5-1-2-6-15(14)11-16/h1-2,5-6,13,16H,3-4,7-12H2,(H,19,20). The van der Waals surface area contributed by atoms with Gasteiger partial charge in [-0.25, -0.2) is 0 Å². The summed E-state index contributed by atoms with van der Waals surface area (Å²) in [6.45, 7) is 2.11. The van der Waals surface area contributed by atoms with Gasteiger partial charge in [0.25, 0.3) is 0 Å². The first-order valence-corrected chi connectivity index (χ1v) is 7.75. The summed E-state index contributed by atoms with van der Waals surface area (Å²) in [5.41, 5.74) is 2.99. The molecule has 1 N–H and O–H groups in total. The van der Waals surface area contributed by atoms with Crippen LogP contribution in [0.2, 0.25) is 0 Å². The summed E-state index contributed by atoms with van der Waals surface area (Å²) in [5, 5.41) is 8.97. The molecule has 0 bridgehead atoms. The molecule has 1 saturated heterocycles. The van der Waals surface area contributed by atoms with E-state index in [0.29, 0.717) is 18.4 Å². The topological polar surface area (TPSA) is 40.5 Å². The van der Waals surface area contributed by atoms with Gasteiger partial charge in [-0.3, -0.25) is 9.69 Å². The third kappa shape index (κ3) is 3.04. The second kappa shape index (κ2) is 5.96. The van der Waals surface area contributed by atoms with Crippen LogP contribution in [0.5, 0.6) is 0 Å². The normalized spacial score (nSPS) is 27.0. The smallest absolute Gasteiger partial charge is 0.303 e. The van der Waals surface area contributed by atoms with Gasteiger partial charge in [0.15, 0.2) is 0 Å². The number of piperidine rings is 1. The number of carboxylic acids is 1. The average Bonchev–Trinajstić information content (AvgIpc) is 2.46. The highest BCUT2D eigenvalue weighted by atomic mass is 16.4. The lowest BCUT2D eigenvalue weighted by molar-refractivity contribution is -0.138. The number of likely N-dealkylation sites (tertiary alicyclic amines) is 1. The Kier molecular flexibility index (Phi) is 4.06. The Labute approximate surface area is 120 Å². The molecule has 0 amide bonds. The second-order valence-corrected chi connectivity index (χ2v) is 6.27. The molecule has 2 unspecified atom stereocenters. The third-order valence-electron chi connectivity index (χ3n) is 4.85. The molecule has 1 aliphatic heterocycles. The number of aryl methyl sites for hydroxylation is 1. The number of carboxylic acid groups (broad SMARTS) is 1. The lowest BCUT2D eigenvalue weighted by atomic mass is 9.85. The molecule has 3 rings (SSSR count). The number of benzene rings is 1. The molecule has 2 aliphatic rings. The number of rotatable bonds is 3. The molecule has 0 saturated carbocycles. The molecule has 1 heterocycles. The summed E-state index contributed by atoms with van der Waals surface area (Å²) in [7, 11) is 0. The van der Waals surface area contributed by atoms with E-state index in [0.717, 1.165) is 32.4 Å². The van der Waals surface area contributed by atoms with Crippen LogP contribution < -0.4 is 0 Å². The van der Waals surface area contributed by atoms with E-state index >= 15 is 0 Å². The quantitative estimate of drug-likeness (QED) is 0.920. The zero-order valence-corrected chi connectivity index (χ0v) is 11.9. The predicted molar refractivity (Wildman–Crippen MR) is 78.8 cm³/mol. The van der Waals surface area contributed by atoms with Crippen molar-refractivity contribution >= 4 is 5.97 Å². The Hall–Kier alpha value is -1.35. The zero-order chi connectivity index (χ0) is 13.9. The SMILES string of the molecule is O=C(O)CC1CCCN(C2CCc3ccccc3C2)C1. The molecule has 1 fully saturated rings. The summed E-state index contributed by atoms with van der Waals surface area (Å²) in [6, 6.07) is 9.37. The monoisotopic (exact) mass is 273 g/mol. The summed E-state index contributed by atoms with van der Waals surface area (Å²) < 4.78 is 0. The number of fused-ring (bicyclic) bond motifs is 1. The van der Waals surface area contributed by atoms with Crippen molar-refractivity contribution in [2.24, 2.45) is 5.92 Å². The molecular weight excluding hydrogens is 250 g/mol. The molecule has 0 aromatic heterocycles. The van der Waals surface area contributed by atoms with Crippen molar-refractivity contribution in [1.29, 1.82) is 0 Å². The molecule has 3 heteroatoms. The Morgan fingerprint density at radius 1 is 1.25 bits per heavy atom. The van der Waals surface area contributed by atoms with Crippen LogP contribution in [0.25, 0.3) is 0 Å². The van der Waals surface area contributed by atoms with Crippen molar-refractivity contribution in [3.05, 3.63) is 35.4 Å². The van der Waals surface area contributed by atoms with Crippen LogP contribution >= 0.6 is 0 Å². The van der Waals surface area contributed by atoms with Gasteiger partial charge in [0.1, 0.15) is 0 Å². The van der Waals surface area contributed by atoms with Gasteiger partial charge in [0.2, 0.25) is 0 Å². The van der Waals surface area contributed by atoms with Gasteiger partial charge in [-0.2, -0.15) is 0 Å². The zero-order valence-electron chi connectivity index (χ0n) is 11.9. The molecule has 20 heavy (non-hydrogen) atoms. The van der Waals surface area contributed by atoms with Crippen molar-refractivity contribution in [3.63, 3.8) is 0 Å². The minimum Gasteiger partial charge on any atom is -0.481 e. The van der Waals surface area contributed by atoms with Crippen LogP contribution in [0.4, 0.5) is 0 Å². The highest BCUT2D eigenvalue weighted by Crippen LogP contribution is 2.28. The van der Waals surface area contributed by atoms with Crippen LogP contribution in [0.15, 0.2) is 24.3 Å². The highest BCUT2D eigenvalue weighted by molar-refractivity contribution is 5.67. The van der Waals surface area contributed by atoms with Crippen LogP contribution in [-0.2, 0) is 17.6 Å². The number of hydrogen-bond acceptors (Lipinski definition) is 2. The first kappa shape index (κ1) is 13.6. The van der Waals surface area contributed by atoms with Gasteiger partial charge in [0.05, 0.1) is 0 Å². The Morgan fingerprint density at radius 2 is 2.05 bits per heavy atom. The van der Waals surface area contributed by atoms with Crippen LogP contribution in [0.3, 0.4) is 0 Å². The molecule has 0 radical (unpaired) electrons. The molecule has 2 atom stereocenters. The first-order chi connectivity index (χ1) is 9.72. The van der Waals surface area contributed by atoms with E-state index in [4.69, 9.17) is 5.11 Å². The fraction of sp³-hybridized carbons (Fsp3) is 0.588. The average molecular weight is 273 g/mol. The van der Waals surface area contributed by atoms with E-state index in [-0.39, 0.29) is 0 Å². The summed E-state index contributed by atoms with van der Waals surface area (Å²) in [4.78, 5) is 13.4. The Balaban J connectivity index is 1.64. The van der Waals surface area contributed by atoms with E-state index < -0.39 is 5.97 Å². The van der Waals surface area contributed by atoms with E-state index in [1.807, 2.05) is 0 Å². The van der Waals surface area contributed by atoms with Crippen molar-refractivity contribution < 1.29 is 9.90 Å². The van der Waals surface area contributed by atoms with Gasteiger partial charge < -0.3 is 5.11 Å². The van der Waals surface area contributed by atoms with Gasteiger partial charge in [-0.1, -0.05) is 24.3 Å². The number of carbonyl (C=O) groups is 1. The van der Waals surface area contributed by atoms with E-state index in [9.17, 15) is 4.79 Å². The minimum absolute atomic E-state index is 0.333. The fourth-order valence-corrected chi connectivity index (χ4v) is 3.83. The van der Waals surface area contributed by atoms with E-state index in [2.05, 4.69) is 29.2 Å². The molecule has 0 spiro atoms. The van der Waals surface area contributed by atoms with E-state index in [1.54, 1.807) is 0 Å². The summed E-state index contributed by atoms with van der Waals surface area (Å²) in [5.74, 6) is -0.302. The molecule has 3 nitrogen and oxygen atoms in total. The minimum atomic E-state index is -0.647. The Bertz CT molecular complexity index is 486. The predicted octanol–water partition coefficient (Wildman–Crippen LogP) is 2.73. The fourth-order valence-electron chi connectivity index (χ4n) is 3.83. The highest BCUT2D eigenvalue weighted by Gasteiger charge is 2.29. The molecular formula is C17H23NO2. The summed E-state index contributed by atoms with van der Waals surface area (Å²) in [6.07, 6.45) is 6.08. The van der Waals surface area contributed by atoms with Gasteiger partial charge in [-0.05, 0) is 55.7 Å². The van der Waals surface area contributed by atoms with Crippen molar-refractivity contribution in [1.82, 2.24) is 4.90 Å². The largest absolute Gasteiger partial charge is 0.481 e. The van der Waals surface area contributed by atoms with Gasteiger partial charge in [-0.15, -0.1) is 0 Å². The second-order valence-electron chi connectivity index (χ2n) is 6.27. The third-order valence-corrected chi connectivity index (χ3v) is 4.85. The maximum Gasteiger partial charge on any atom is 0.303 e. The number of aliphatic carboxylic acids is 1. The first-order valence-electron chi connectivity index (χ1n) is 7.75. The number of hydrogen-bond donors (Lipinski definition) is 1. The summed E-state index contributed by atoms with van der Waals surface area (Å²) >= 11 is 0. The maximum atomic E-state index is 10.9. The van der Waals surface area contributed by atoms with Crippen molar-refractivity contribution in [2.45, 2.75) is 44.6 Å². The van der Waals surface area contributed by atoms with Gasteiger partial charge >= 0.3 is 5.97 Å². The van der Waals surface area contributed by atoms with Crippen LogP contribution in [0, 0.1) is 5.92 Å². The van der Waals surface area contributed by atoms with Gasteiger partial charge in [0, 0.05) is 19.0 Å².